The zero-order valence-electron chi connectivity index (χ0n) is 8.89. The molecule has 0 spiro atoms. The van der Waals surface area contributed by atoms with Crippen LogP contribution in [0.4, 0.5) is 5.69 Å². The average Bonchev–Trinajstić information content (AvgIpc) is 2.66. The van der Waals surface area contributed by atoms with Crippen LogP contribution in [0, 0.1) is 10.1 Å². The summed E-state index contributed by atoms with van der Waals surface area (Å²) in [6.45, 7) is 0. The molecule has 5 nitrogen and oxygen atoms in total. The number of ketones is 1. The summed E-state index contributed by atoms with van der Waals surface area (Å²) in [5, 5.41) is 10.8. The Bertz CT molecular complexity index is 475. The second kappa shape index (κ2) is 4.83. The first kappa shape index (κ1) is 12.0. The van der Waals surface area contributed by atoms with Crippen molar-refractivity contribution in [1.29, 1.82) is 0 Å². The van der Waals surface area contributed by atoms with Crippen molar-refractivity contribution in [3.8, 4) is 5.75 Å². The van der Waals surface area contributed by atoms with E-state index in [1.54, 1.807) is 12.1 Å². The summed E-state index contributed by atoms with van der Waals surface area (Å²) in [4.78, 5) is 21.5. The van der Waals surface area contributed by atoms with E-state index in [0.29, 0.717) is 23.7 Å². The molecule has 0 heterocycles. The quantitative estimate of drug-likeness (QED) is 0.635. The molecule has 0 saturated heterocycles. The molecule has 1 aromatic carbocycles. The van der Waals surface area contributed by atoms with Gasteiger partial charge in [-0.15, -0.1) is 0 Å². The lowest BCUT2D eigenvalue weighted by molar-refractivity contribution is -0.386. The van der Waals surface area contributed by atoms with Gasteiger partial charge in [0, 0.05) is 23.4 Å². The summed E-state index contributed by atoms with van der Waals surface area (Å²) in [5.41, 5.74) is -0.0845. The third-order valence-electron chi connectivity index (χ3n) is 2.61. The summed E-state index contributed by atoms with van der Waals surface area (Å²) in [7, 11) is 0. The molecule has 1 unspecified atom stereocenters. The predicted molar refractivity (Wildman–Crippen MR) is 64.1 cm³/mol. The Kier molecular flexibility index (Phi) is 3.42. The van der Waals surface area contributed by atoms with Gasteiger partial charge in [0.05, 0.1) is 4.92 Å². The number of hydrogen-bond acceptors (Lipinski definition) is 4. The molecule has 6 heteroatoms. The van der Waals surface area contributed by atoms with Crippen molar-refractivity contribution in [2.24, 2.45) is 0 Å². The molecule has 90 valence electrons. The Labute approximate surface area is 106 Å². The summed E-state index contributed by atoms with van der Waals surface area (Å²) < 4.78 is 6.13. The Balaban J connectivity index is 2.20. The van der Waals surface area contributed by atoms with Crippen LogP contribution < -0.4 is 4.74 Å². The lowest BCUT2D eigenvalue weighted by atomic mass is 10.2. The van der Waals surface area contributed by atoms with Crippen LogP contribution in [0.3, 0.4) is 0 Å². The molecule has 1 fully saturated rings. The second-order valence-corrected chi connectivity index (χ2v) is 4.81. The van der Waals surface area contributed by atoms with Gasteiger partial charge in [0.1, 0.15) is 11.9 Å². The number of Topliss-reactive ketones (excluding diaryl/α,β-unsaturated/α-hetero) is 1. The average molecular weight is 300 g/mol. The number of hydrogen-bond donors (Lipinski definition) is 0. The lowest BCUT2D eigenvalue weighted by Crippen LogP contribution is -2.13. The topological polar surface area (TPSA) is 69.4 Å². The molecule has 0 bridgehead atoms. The Hall–Kier alpha value is -1.43. The summed E-state index contributed by atoms with van der Waals surface area (Å²) in [6.07, 6.45) is 1.23. The van der Waals surface area contributed by atoms with Crippen molar-refractivity contribution >= 4 is 27.4 Å². The van der Waals surface area contributed by atoms with Crippen LogP contribution in [0.2, 0.25) is 0 Å². The van der Waals surface area contributed by atoms with Gasteiger partial charge >= 0.3 is 5.69 Å². The Morgan fingerprint density at radius 3 is 2.82 bits per heavy atom. The summed E-state index contributed by atoms with van der Waals surface area (Å²) in [6, 6.07) is 4.62. The van der Waals surface area contributed by atoms with Crippen LogP contribution in [-0.4, -0.2) is 16.8 Å². The van der Waals surface area contributed by atoms with Crippen LogP contribution in [0.1, 0.15) is 19.3 Å². The highest BCUT2D eigenvalue weighted by molar-refractivity contribution is 9.10. The van der Waals surface area contributed by atoms with Crippen molar-refractivity contribution < 1.29 is 14.5 Å². The molecule has 1 aliphatic carbocycles. The van der Waals surface area contributed by atoms with Crippen molar-refractivity contribution in [1.82, 2.24) is 0 Å². The van der Waals surface area contributed by atoms with E-state index in [1.165, 1.54) is 6.07 Å². The van der Waals surface area contributed by atoms with E-state index in [-0.39, 0.29) is 23.3 Å². The molecular formula is C11H10BrNO4. The SMILES string of the molecule is O=C1CCC(Oc2ccc(Br)cc2[N+](=O)[O-])C1. The summed E-state index contributed by atoms with van der Waals surface area (Å²) in [5.74, 6) is 0.368. The number of benzene rings is 1. The number of nitrogens with zero attached hydrogens (tertiary/aromatic N) is 1. The first-order chi connectivity index (χ1) is 8.06. The van der Waals surface area contributed by atoms with E-state index in [0.717, 1.165) is 0 Å². The maximum atomic E-state index is 11.1. The van der Waals surface area contributed by atoms with Gasteiger partial charge in [-0.25, -0.2) is 0 Å². The minimum atomic E-state index is -0.489. The number of nitro groups is 1. The van der Waals surface area contributed by atoms with E-state index >= 15 is 0 Å². The maximum Gasteiger partial charge on any atom is 0.312 e. The van der Waals surface area contributed by atoms with Crippen LogP contribution in [-0.2, 0) is 4.79 Å². The van der Waals surface area contributed by atoms with Gasteiger partial charge < -0.3 is 4.74 Å². The van der Waals surface area contributed by atoms with Gasteiger partial charge in [0.15, 0.2) is 5.75 Å². The number of carbonyl (C=O) groups is 1. The molecule has 0 radical (unpaired) electrons. The third-order valence-corrected chi connectivity index (χ3v) is 3.11. The van der Waals surface area contributed by atoms with Crippen LogP contribution in [0.5, 0.6) is 5.75 Å². The third kappa shape index (κ3) is 2.82. The van der Waals surface area contributed by atoms with Crippen molar-refractivity contribution in [2.75, 3.05) is 0 Å². The van der Waals surface area contributed by atoms with E-state index in [9.17, 15) is 14.9 Å². The normalized spacial score (nSPS) is 19.4. The molecule has 1 saturated carbocycles. The van der Waals surface area contributed by atoms with E-state index in [4.69, 9.17) is 4.74 Å². The summed E-state index contributed by atoms with van der Waals surface area (Å²) >= 11 is 3.17. The van der Waals surface area contributed by atoms with Gasteiger partial charge in [-0.2, -0.15) is 0 Å². The first-order valence-corrected chi connectivity index (χ1v) is 5.98. The van der Waals surface area contributed by atoms with Gasteiger partial charge in [-0.1, -0.05) is 15.9 Å². The van der Waals surface area contributed by atoms with Crippen molar-refractivity contribution in [2.45, 2.75) is 25.4 Å². The number of nitro benzene ring substituents is 1. The van der Waals surface area contributed by atoms with E-state index in [1.807, 2.05) is 0 Å². The Morgan fingerprint density at radius 2 is 2.24 bits per heavy atom. The van der Waals surface area contributed by atoms with E-state index < -0.39 is 4.92 Å². The van der Waals surface area contributed by atoms with Crippen molar-refractivity contribution in [3.05, 3.63) is 32.8 Å². The zero-order chi connectivity index (χ0) is 12.4. The molecule has 2 rings (SSSR count). The number of carbonyl (C=O) groups excluding carboxylic acids is 1. The highest BCUT2D eigenvalue weighted by Gasteiger charge is 2.26. The smallest absolute Gasteiger partial charge is 0.312 e. The standard InChI is InChI=1S/C11H10BrNO4/c12-7-1-4-11(10(5-7)13(15)16)17-9-3-2-8(14)6-9/h1,4-5,9H,2-3,6H2. The minimum Gasteiger partial charge on any atom is -0.483 e. The maximum absolute atomic E-state index is 11.1. The molecule has 0 aromatic heterocycles. The molecule has 17 heavy (non-hydrogen) atoms. The van der Waals surface area contributed by atoms with Crippen molar-refractivity contribution in [3.63, 3.8) is 0 Å². The molecule has 1 aromatic rings. The molecule has 0 N–H and O–H groups in total. The van der Waals surface area contributed by atoms with Gasteiger partial charge in [0.25, 0.3) is 0 Å². The molecule has 1 aliphatic rings. The Morgan fingerprint density at radius 1 is 1.47 bits per heavy atom. The van der Waals surface area contributed by atoms with Gasteiger partial charge in [0.2, 0.25) is 0 Å². The lowest BCUT2D eigenvalue weighted by Gasteiger charge is -2.12. The largest absolute Gasteiger partial charge is 0.483 e. The van der Waals surface area contributed by atoms with Gasteiger partial charge in [-0.3, -0.25) is 14.9 Å². The monoisotopic (exact) mass is 299 g/mol. The zero-order valence-corrected chi connectivity index (χ0v) is 10.5. The number of ether oxygens (including phenoxy) is 1. The fourth-order valence-electron chi connectivity index (χ4n) is 1.79. The number of rotatable bonds is 3. The second-order valence-electron chi connectivity index (χ2n) is 3.89. The van der Waals surface area contributed by atoms with E-state index in [2.05, 4.69) is 15.9 Å². The predicted octanol–water partition coefficient (Wildman–Crippen LogP) is 2.86. The van der Waals surface area contributed by atoms with Gasteiger partial charge in [-0.05, 0) is 18.6 Å². The molecule has 0 amide bonds. The first-order valence-electron chi connectivity index (χ1n) is 5.18. The van der Waals surface area contributed by atoms with Crippen LogP contribution >= 0.6 is 15.9 Å². The molecular weight excluding hydrogens is 290 g/mol. The highest BCUT2D eigenvalue weighted by Crippen LogP contribution is 2.32. The highest BCUT2D eigenvalue weighted by atomic mass is 79.9. The number of halogens is 1. The minimum absolute atomic E-state index is 0.0845. The van der Waals surface area contributed by atoms with Crippen LogP contribution in [0.25, 0.3) is 0 Å². The fraction of sp³-hybridized carbons (Fsp3) is 0.364. The van der Waals surface area contributed by atoms with Crippen LogP contribution in [0.15, 0.2) is 22.7 Å². The molecule has 1 atom stereocenters. The molecule has 0 aliphatic heterocycles. The fourth-order valence-corrected chi connectivity index (χ4v) is 2.14.